The van der Waals surface area contributed by atoms with Gasteiger partial charge in [0.15, 0.2) is 11.5 Å². The van der Waals surface area contributed by atoms with Gasteiger partial charge in [-0.1, -0.05) is 0 Å². The minimum absolute atomic E-state index is 0.0357. The molecule has 0 bridgehead atoms. The normalized spacial score (nSPS) is 18.8. The molecule has 2 amide bonds. The van der Waals surface area contributed by atoms with Gasteiger partial charge >= 0.3 is 12.1 Å². The molecule has 1 aromatic heterocycles. The standard InChI is InChI=1S/C22H26N4O4S.C2HF3O2/c1-15-23-17(13-31-15)12-26-10-9-24(2)21(28)22(26)5-7-25(8-6-22)20(27)16-3-4-18-19(11-16)30-14-29-18;3-2(4,5)1(6)7/h3-4,11,13H,5-10,12,14H2,1-2H3;(H,6,7). The number of ether oxygens (including phenoxy) is 2. The Morgan fingerprint density at radius 2 is 1.79 bits per heavy atom. The van der Waals surface area contributed by atoms with Gasteiger partial charge in [-0.05, 0) is 38.0 Å². The van der Waals surface area contributed by atoms with E-state index in [2.05, 4.69) is 15.3 Å². The van der Waals surface area contributed by atoms with Crippen molar-refractivity contribution in [2.24, 2.45) is 0 Å². The van der Waals surface area contributed by atoms with Crippen LogP contribution < -0.4 is 9.47 Å². The van der Waals surface area contributed by atoms with Crippen molar-refractivity contribution in [3.05, 3.63) is 39.8 Å². The summed E-state index contributed by atoms with van der Waals surface area (Å²) in [6.45, 7) is 5.46. The van der Waals surface area contributed by atoms with Crippen LogP contribution in [0.5, 0.6) is 11.5 Å². The fraction of sp³-hybridized carbons (Fsp3) is 0.500. The minimum atomic E-state index is -5.08. The van der Waals surface area contributed by atoms with Crippen LogP contribution in [0.1, 0.15) is 33.9 Å². The average molecular weight is 557 g/mol. The van der Waals surface area contributed by atoms with Gasteiger partial charge in [0.2, 0.25) is 12.7 Å². The van der Waals surface area contributed by atoms with Gasteiger partial charge in [-0.15, -0.1) is 11.3 Å². The summed E-state index contributed by atoms with van der Waals surface area (Å²) >= 11 is 1.63. The predicted molar refractivity (Wildman–Crippen MR) is 129 cm³/mol. The summed E-state index contributed by atoms with van der Waals surface area (Å²) in [4.78, 5) is 45.9. The molecule has 3 aliphatic heterocycles. The monoisotopic (exact) mass is 556 g/mol. The molecule has 206 valence electrons. The number of benzene rings is 1. The fourth-order valence-electron chi connectivity index (χ4n) is 4.81. The summed E-state index contributed by atoms with van der Waals surface area (Å²) in [5.74, 6) is -1.37. The number of amides is 2. The molecule has 2 fully saturated rings. The van der Waals surface area contributed by atoms with Crippen LogP contribution in [0, 0.1) is 6.92 Å². The highest BCUT2D eigenvalue weighted by atomic mass is 32.1. The van der Waals surface area contributed by atoms with E-state index in [0.29, 0.717) is 56.1 Å². The number of rotatable bonds is 3. The number of piperazine rings is 1. The van der Waals surface area contributed by atoms with Gasteiger partial charge in [-0.3, -0.25) is 14.5 Å². The van der Waals surface area contributed by atoms with Crippen LogP contribution in [0.3, 0.4) is 0 Å². The third kappa shape index (κ3) is 5.70. The van der Waals surface area contributed by atoms with Gasteiger partial charge in [-0.2, -0.15) is 13.2 Å². The summed E-state index contributed by atoms with van der Waals surface area (Å²) in [5.41, 5.74) is 1.02. The summed E-state index contributed by atoms with van der Waals surface area (Å²) in [6.07, 6.45) is -3.84. The number of carboxylic acids is 1. The lowest BCUT2D eigenvalue weighted by Crippen LogP contribution is -2.68. The molecule has 3 aliphatic rings. The Morgan fingerprint density at radius 3 is 2.39 bits per heavy atom. The van der Waals surface area contributed by atoms with Crippen molar-refractivity contribution in [1.82, 2.24) is 19.7 Å². The number of carboxylic acid groups (broad SMARTS) is 1. The number of hydrogen-bond acceptors (Lipinski definition) is 8. The number of carbonyl (C=O) groups excluding carboxylic acids is 2. The molecule has 10 nitrogen and oxygen atoms in total. The van der Waals surface area contributed by atoms with Crippen LogP contribution in [0.2, 0.25) is 0 Å². The van der Waals surface area contributed by atoms with Crippen LogP contribution in [0.15, 0.2) is 23.6 Å². The van der Waals surface area contributed by atoms with E-state index >= 15 is 0 Å². The zero-order chi connectivity index (χ0) is 27.7. The number of carbonyl (C=O) groups is 3. The summed E-state index contributed by atoms with van der Waals surface area (Å²) in [5, 5.41) is 10.2. The highest BCUT2D eigenvalue weighted by Gasteiger charge is 2.50. The van der Waals surface area contributed by atoms with Crippen LogP contribution in [-0.2, 0) is 16.1 Å². The molecule has 1 spiro atoms. The van der Waals surface area contributed by atoms with E-state index in [4.69, 9.17) is 19.4 Å². The Bertz CT molecular complexity index is 1210. The highest BCUT2D eigenvalue weighted by molar-refractivity contribution is 7.09. The number of likely N-dealkylation sites (N-methyl/N-ethyl adjacent to an activating group) is 1. The Kier molecular flexibility index (Phi) is 7.83. The average Bonchev–Trinajstić information content (AvgIpc) is 3.52. The van der Waals surface area contributed by atoms with E-state index in [1.54, 1.807) is 29.5 Å². The van der Waals surface area contributed by atoms with E-state index in [1.165, 1.54) is 0 Å². The maximum Gasteiger partial charge on any atom is 0.490 e. The summed E-state index contributed by atoms with van der Waals surface area (Å²) < 4.78 is 42.5. The van der Waals surface area contributed by atoms with Crippen molar-refractivity contribution in [3.8, 4) is 11.5 Å². The maximum absolute atomic E-state index is 13.3. The molecule has 5 rings (SSSR count). The Balaban J connectivity index is 0.000000426. The first kappa shape index (κ1) is 27.6. The third-order valence-corrected chi connectivity index (χ3v) is 7.64. The molecule has 0 radical (unpaired) electrons. The largest absolute Gasteiger partial charge is 0.490 e. The lowest BCUT2D eigenvalue weighted by molar-refractivity contribution is -0.192. The van der Waals surface area contributed by atoms with Gasteiger partial charge in [0.05, 0.1) is 10.7 Å². The Labute approximate surface area is 220 Å². The first-order valence-electron chi connectivity index (χ1n) is 11.8. The molecule has 2 saturated heterocycles. The van der Waals surface area contributed by atoms with Crippen molar-refractivity contribution < 1.29 is 42.1 Å². The van der Waals surface area contributed by atoms with E-state index in [9.17, 15) is 22.8 Å². The molecule has 0 saturated carbocycles. The molecule has 4 heterocycles. The van der Waals surface area contributed by atoms with Crippen molar-refractivity contribution in [3.63, 3.8) is 0 Å². The quantitative estimate of drug-likeness (QED) is 0.615. The molecule has 0 aliphatic carbocycles. The van der Waals surface area contributed by atoms with Crippen LogP contribution in [0.25, 0.3) is 0 Å². The third-order valence-electron chi connectivity index (χ3n) is 6.81. The van der Waals surface area contributed by atoms with Crippen molar-refractivity contribution in [2.75, 3.05) is 40.0 Å². The number of fused-ring (bicyclic) bond motifs is 1. The number of likely N-dealkylation sites (tertiary alicyclic amines) is 1. The lowest BCUT2D eigenvalue weighted by Gasteiger charge is -2.52. The Hall–Kier alpha value is -3.39. The van der Waals surface area contributed by atoms with Crippen LogP contribution in [0.4, 0.5) is 13.2 Å². The van der Waals surface area contributed by atoms with E-state index in [0.717, 1.165) is 17.2 Å². The van der Waals surface area contributed by atoms with Gasteiger partial charge in [0, 0.05) is 50.7 Å². The second-order valence-electron chi connectivity index (χ2n) is 9.20. The van der Waals surface area contributed by atoms with Gasteiger partial charge in [0.1, 0.15) is 5.54 Å². The first-order valence-corrected chi connectivity index (χ1v) is 12.7. The fourth-order valence-corrected chi connectivity index (χ4v) is 5.41. The number of alkyl halides is 3. The summed E-state index contributed by atoms with van der Waals surface area (Å²) in [6, 6.07) is 5.29. The number of hydrogen-bond donors (Lipinski definition) is 1. The van der Waals surface area contributed by atoms with E-state index in [-0.39, 0.29) is 18.6 Å². The molecular weight excluding hydrogens is 529 g/mol. The molecule has 2 aromatic rings. The number of aromatic nitrogens is 1. The number of halogens is 3. The SMILES string of the molecule is Cc1nc(CN2CCN(C)C(=O)C23CCN(C(=O)c2ccc4c(c2)OCO4)CC3)cs1.O=C(O)C(F)(F)F. The molecule has 0 unspecified atom stereocenters. The number of aryl methyl sites for hydroxylation is 1. The van der Waals surface area contributed by atoms with Gasteiger partial charge in [-0.25, -0.2) is 9.78 Å². The molecular formula is C24H27F3N4O6S. The summed E-state index contributed by atoms with van der Waals surface area (Å²) in [7, 11) is 1.87. The lowest BCUT2D eigenvalue weighted by atomic mass is 9.82. The number of aliphatic carboxylic acids is 1. The van der Waals surface area contributed by atoms with Gasteiger partial charge in [0.25, 0.3) is 5.91 Å². The van der Waals surface area contributed by atoms with Crippen molar-refractivity contribution in [1.29, 1.82) is 0 Å². The Morgan fingerprint density at radius 1 is 1.13 bits per heavy atom. The predicted octanol–water partition coefficient (Wildman–Crippen LogP) is 2.76. The second kappa shape index (κ2) is 10.8. The van der Waals surface area contributed by atoms with Crippen molar-refractivity contribution >= 4 is 29.1 Å². The molecule has 14 heteroatoms. The van der Waals surface area contributed by atoms with Crippen LogP contribution >= 0.6 is 11.3 Å². The van der Waals surface area contributed by atoms with Gasteiger partial charge < -0.3 is 24.4 Å². The minimum Gasteiger partial charge on any atom is -0.475 e. The van der Waals surface area contributed by atoms with Crippen molar-refractivity contribution in [2.45, 2.75) is 38.0 Å². The number of thiazole rings is 1. The maximum atomic E-state index is 13.3. The van der Waals surface area contributed by atoms with Crippen LogP contribution in [-0.4, -0.2) is 94.3 Å². The highest BCUT2D eigenvalue weighted by Crippen LogP contribution is 2.36. The first-order chi connectivity index (χ1) is 17.9. The zero-order valence-electron chi connectivity index (χ0n) is 20.8. The molecule has 38 heavy (non-hydrogen) atoms. The zero-order valence-corrected chi connectivity index (χ0v) is 21.6. The topological polar surface area (TPSA) is 113 Å². The molecule has 1 aromatic carbocycles. The smallest absolute Gasteiger partial charge is 0.475 e. The van der Waals surface area contributed by atoms with E-state index in [1.807, 2.05) is 23.8 Å². The van der Waals surface area contributed by atoms with E-state index < -0.39 is 17.7 Å². The number of nitrogens with zero attached hydrogens (tertiary/aromatic N) is 4. The molecule has 0 atom stereocenters. The second-order valence-corrected chi connectivity index (χ2v) is 10.3. The number of piperidine rings is 1. The molecule has 1 N–H and O–H groups in total.